The highest BCUT2D eigenvalue weighted by molar-refractivity contribution is 5.84. The quantitative estimate of drug-likeness (QED) is 0.142. The van der Waals surface area contributed by atoms with Crippen LogP contribution in [0.4, 0.5) is 10.5 Å². The fraction of sp³-hybridized carbons (Fsp3) is 0.714. The minimum absolute atomic E-state index is 0.0742. The van der Waals surface area contributed by atoms with Gasteiger partial charge >= 0.3 is 12.1 Å². The van der Waals surface area contributed by atoms with Gasteiger partial charge in [0.25, 0.3) is 0 Å². The number of carbonyl (C=O) groups excluding carboxylic acids is 1. The van der Waals surface area contributed by atoms with Gasteiger partial charge in [0.15, 0.2) is 5.79 Å². The first-order chi connectivity index (χ1) is 29.8. The van der Waals surface area contributed by atoms with E-state index in [1.165, 1.54) is 7.11 Å². The average Bonchev–Trinajstić information content (AvgIpc) is 3.97. The third-order valence-corrected chi connectivity index (χ3v) is 15.3. The van der Waals surface area contributed by atoms with Crippen molar-refractivity contribution in [1.82, 2.24) is 0 Å². The van der Waals surface area contributed by atoms with E-state index in [4.69, 9.17) is 37.9 Å². The van der Waals surface area contributed by atoms with Crippen LogP contribution in [-0.2, 0) is 38.0 Å². The highest BCUT2D eigenvalue weighted by Gasteiger charge is 2.62. The number of carboxylic acids is 1. The number of benzene rings is 2. The zero-order valence-electron chi connectivity index (χ0n) is 38.5. The number of aliphatic hydroxyl groups excluding tert-OH is 1. The Kier molecular flexibility index (Phi) is 14.3. The molecule has 14 nitrogen and oxygen atoms in total. The van der Waals surface area contributed by atoms with Crippen LogP contribution in [0.2, 0.25) is 0 Å². The molecular formula is C49H71NO13. The van der Waals surface area contributed by atoms with E-state index in [2.05, 4.69) is 33.0 Å². The maximum absolute atomic E-state index is 12.9. The van der Waals surface area contributed by atoms with Gasteiger partial charge in [0.2, 0.25) is 5.79 Å². The molecule has 0 aliphatic carbocycles. The van der Waals surface area contributed by atoms with E-state index < -0.39 is 65.2 Å². The number of aliphatic carboxylic acids is 1. The van der Waals surface area contributed by atoms with Gasteiger partial charge in [-0.1, -0.05) is 59.7 Å². The number of hydrogen-bond donors (Lipinski definition) is 4. The summed E-state index contributed by atoms with van der Waals surface area (Å²) >= 11 is 0. The van der Waals surface area contributed by atoms with Crippen molar-refractivity contribution in [1.29, 1.82) is 0 Å². The van der Waals surface area contributed by atoms with Crippen LogP contribution in [-0.4, -0.2) is 107 Å². The highest BCUT2D eigenvalue weighted by Crippen LogP contribution is 2.55. The Morgan fingerprint density at radius 2 is 1.62 bits per heavy atom. The van der Waals surface area contributed by atoms with Crippen molar-refractivity contribution in [3.8, 4) is 11.5 Å². The molecule has 0 aromatic heterocycles. The molecule has 350 valence electrons. The summed E-state index contributed by atoms with van der Waals surface area (Å²) < 4.78 is 51.6. The van der Waals surface area contributed by atoms with E-state index in [0.717, 1.165) is 19.3 Å². The maximum Gasteiger partial charge on any atom is 0.411 e. The number of ether oxygens (including phenoxy) is 8. The number of aliphatic hydroxyl groups is 2. The minimum Gasteiger partial charge on any atom is -0.481 e. The lowest BCUT2D eigenvalue weighted by Crippen LogP contribution is -2.57. The van der Waals surface area contributed by atoms with Crippen molar-refractivity contribution >= 4 is 17.7 Å². The predicted octanol–water partition coefficient (Wildman–Crippen LogP) is 8.32. The predicted molar refractivity (Wildman–Crippen MR) is 233 cm³/mol. The summed E-state index contributed by atoms with van der Waals surface area (Å²) in [5.74, 6) is -3.78. The molecule has 1 amide bonds. The SMILES string of the molecule is CC[C@@]1([C@@H]2O[C@@H]([C@H]3O[C@@](O)(COC(=O)Nc4ccc(Oc5ccccc5)cc4)[C@H](C)C[C@@H]3C)C[C@@H]2C)CC[C@H]([C@]2(C)CC[C@]3(C[C@H](O)[C@@H](C)[C@@H]([C@@H](C)[C@@H](OC)C(C)C(=O)O)O3)O2)O1. The van der Waals surface area contributed by atoms with Crippen LogP contribution < -0.4 is 10.1 Å². The standard InChI is InChI=1S/C49H71NO13/c1-10-47(21-20-39(60-47)46(8)22-23-48(63-46)26-37(51)31(5)42(61-48)32(6)41(56-9)33(7)44(52)53)43-29(3)25-38(59-43)40-28(2)24-30(4)49(55,62-40)27-57-45(54)50-34-16-18-36(19-17-34)58-35-14-12-11-13-15-35/h11-19,28-33,37-43,51,55H,10,20-27H2,1-9H3,(H,50,54)(H,52,53)/t28-,29-,30+,31+,32-,33?,37-,38+,39+,40-,41+,42-,43+,46-,47-,48+,49-/m0/s1. The molecule has 7 rings (SSSR count). The van der Waals surface area contributed by atoms with Crippen molar-refractivity contribution in [2.45, 2.75) is 172 Å². The smallest absolute Gasteiger partial charge is 0.411 e. The van der Waals surface area contributed by atoms with Gasteiger partial charge in [-0.15, -0.1) is 0 Å². The van der Waals surface area contributed by atoms with Crippen LogP contribution in [0.25, 0.3) is 0 Å². The molecule has 17 atom stereocenters. The topological polar surface area (TPSA) is 181 Å². The molecule has 63 heavy (non-hydrogen) atoms. The molecular weight excluding hydrogens is 811 g/mol. The second-order valence-electron chi connectivity index (χ2n) is 19.8. The number of rotatable bonds is 14. The van der Waals surface area contributed by atoms with Gasteiger partial charge in [-0.3, -0.25) is 10.1 Å². The number of carboxylic acid groups (broad SMARTS) is 1. The van der Waals surface area contributed by atoms with E-state index in [-0.39, 0.29) is 54.5 Å². The van der Waals surface area contributed by atoms with Crippen molar-refractivity contribution in [3.63, 3.8) is 0 Å². The Hall–Kier alpha value is -3.34. The molecule has 2 aromatic carbocycles. The summed E-state index contributed by atoms with van der Waals surface area (Å²) in [6.07, 6.45) is 1.47. The summed E-state index contributed by atoms with van der Waals surface area (Å²) in [6, 6.07) is 16.4. The number of para-hydroxylation sites is 1. The van der Waals surface area contributed by atoms with E-state index in [1.54, 1.807) is 31.2 Å². The number of amides is 1. The van der Waals surface area contributed by atoms with Gasteiger partial charge in [0.1, 0.15) is 18.1 Å². The average molecular weight is 882 g/mol. The van der Waals surface area contributed by atoms with Crippen LogP contribution in [0, 0.1) is 35.5 Å². The molecule has 2 aromatic rings. The van der Waals surface area contributed by atoms with Crippen molar-refractivity contribution in [3.05, 3.63) is 54.6 Å². The van der Waals surface area contributed by atoms with Crippen LogP contribution >= 0.6 is 0 Å². The molecule has 0 bridgehead atoms. The number of carbonyl (C=O) groups is 2. The van der Waals surface area contributed by atoms with Gasteiger partial charge < -0.3 is 53.2 Å². The van der Waals surface area contributed by atoms with Gasteiger partial charge in [0, 0.05) is 43.4 Å². The van der Waals surface area contributed by atoms with E-state index >= 15 is 0 Å². The van der Waals surface area contributed by atoms with Crippen LogP contribution in [0.15, 0.2) is 54.6 Å². The Labute approximate surface area is 372 Å². The molecule has 5 fully saturated rings. The Morgan fingerprint density at radius 3 is 2.29 bits per heavy atom. The van der Waals surface area contributed by atoms with E-state index in [9.17, 15) is 24.9 Å². The zero-order chi connectivity index (χ0) is 45.5. The van der Waals surface area contributed by atoms with Crippen LogP contribution in [0.1, 0.15) is 107 Å². The van der Waals surface area contributed by atoms with Crippen molar-refractivity contribution < 1.29 is 62.8 Å². The zero-order valence-corrected chi connectivity index (χ0v) is 38.5. The monoisotopic (exact) mass is 881 g/mol. The van der Waals surface area contributed by atoms with Crippen molar-refractivity contribution in [2.75, 3.05) is 19.0 Å². The first-order valence-electron chi connectivity index (χ1n) is 23.2. The highest BCUT2D eigenvalue weighted by atomic mass is 16.7. The largest absolute Gasteiger partial charge is 0.481 e. The Bertz CT molecular complexity index is 1870. The first-order valence-corrected chi connectivity index (χ1v) is 23.2. The molecule has 5 heterocycles. The molecule has 5 saturated heterocycles. The molecule has 5 aliphatic rings. The maximum atomic E-state index is 12.9. The van der Waals surface area contributed by atoms with E-state index in [0.29, 0.717) is 49.3 Å². The molecule has 1 unspecified atom stereocenters. The molecule has 4 N–H and O–H groups in total. The van der Waals surface area contributed by atoms with Crippen molar-refractivity contribution in [2.24, 2.45) is 35.5 Å². The van der Waals surface area contributed by atoms with Crippen LogP contribution in [0.3, 0.4) is 0 Å². The lowest BCUT2D eigenvalue weighted by molar-refractivity contribution is -0.336. The van der Waals surface area contributed by atoms with Crippen LogP contribution in [0.5, 0.6) is 11.5 Å². The summed E-state index contributed by atoms with van der Waals surface area (Å²) in [4.78, 5) is 24.9. The molecule has 0 saturated carbocycles. The lowest BCUT2D eigenvalue weighted by atomic mass is 9.78. The lowest BCUT2D eigenvalue weighted by Gasteiger charge is -2.49. The van der Waals surface area contributed by atoms with Gasteiger partial charge in [0.05, 0.1) is 59.8 Å². The fourth-order valence-electron chi connectivity index (χ4n) is 11.4. The Morgan fingerprint density at radius 1 is 0.921 bits per heavy atom. The summed E-state index contributed by atoms with van der Waals surface area (Å²) in [7, 11) is 1.52. The van der Waals surface area contributed by atoms with Gasteiger partial charge in [-0.05, 0) is 101 Å². The second-order valence-corrected chi connectivity index (χ2v) is 19.8. The summed E-state index contributed by atoms with van der Waals surface area (Å²) in [5, 5.41) is 35.8. The van der Waals surface area contributed by atoms with E-state index in [1.807, 2.05) is 51.1 Å². The number of methoxy groups -OCH3 is 1. The normalized spacial score (nSPS) is 40.6. The minimum atomic E-state index is -1.71. The number of anilines is 1. The second kappa shape index (κ2) is 18.9. The third-order valence-electron chi connectivity index (χ3n) is 15.3. The molecule has 0 radical (unpaired) electrons. The fourth-order valence-corrected chi connectivity index (χ4v) is 11.4. The summed E-state index contributed by atoms with van der Waals surface area (Å²) in [5.41, 5.74) is -0.752. The molecule has 5 aliphatic heterocycles. The third kappa shape index (κ3) is 9.79. The number of nitrogens with one attached hydrogen (secondary N) is 1. The first kappa shape index (κ1) is 47.6. The Balaban J connectivity index is 0.960. The molecule has 1 spiro atoms. The summed E-state index contributed by atoms with van der Waals surface area (Å²) in [6.45, 7) is 15.6. The van der Waals surface area contributed by atoms with Gasteiger partial charge in [-0.25, -0.2) is 4.79 Å². The molecule has 14 heteroatoms. The number of hydrogen-bond acceptors (Lipinski definition) is 12. The van der Waals surface area contributed by atoms with Gasteiger partial charge in [-0.2, -0.15) is 0 Å².